The molecule has 24 heavy (non-hydrogen) atoms. The zero-order valence-electron chi connectivity index (χ0n) is 12.6. The van der Waals surface area contributed by atoms with E-state index in [0.717, 1.165) is 0 Å². The van der Waals surface area contributed by atoms with Crippen molar-refractivity contribution in [3.8, 4) is 0 Å². The van der Waals surface area contributed by atoms with Crippen LogP contribution in [0.4, 0.5) is 23.7 Å². The van der Waals surface area contributed by atoms with Gasteiger partial charge in [-0.25, -0.2) is 9.18 Å². The van der Waals surface area contributed by atoms with Crippen molar-refractivity contribution >= 4 is 23.3 Å². The molecule has 0 aliphatic carbocycles. The Labute approximate surface area is 140 Å². The van der Waals surface area contributed by atoms with Gasteiger partial charge in [0.05, 0.1) is 6.54 Å². The van der Waals surface area contributed by atoms with Gasteiger partial charge in [0.25, 0.3) is 0 Å². The van der Waals surface area contributed by atoms with Gasteiger partial charge in [-0.15, -0.1) is 10.2 Å². The first kappa shape index (κ1) is 16.6. The van der Waals surface area contributed by atoms with Gasteiger partial charge in [0.2, 0.25) is 5.82 Å². The zero-order chi connectivity index (χ0) is 17.5. The van der Waals surface area contributed by atoms with E-state index in [0.29, 0.717) is 5.69 Å². The number of nitrogens with zero attached hydrogens (tertiary/aromatic N) is 5. The van der Waals surface area contributed by atoms with E-state index in [4.69, 9.17) is 11.6 Å². The van der Waals surface area contributed by atoms with Crippen LogP contribution in [0.2, 0.25) is 0 Å². The van der Waals surface area contributed by atoms with Gasteiger partial charge in [-0.1, -0.05) is 0 Å². The Morgan fingerprint density at radius 3 is 2.54 bits per heavy atom. The number of carbonyl (C=O) groups is 1. The number of rotatable bonds is 2. The monoisotopic (exact) mass is 359 g/mol. The standard InChI is InChI=1S/C14H13ClF3N5O/c1-21(10-4-2-9(16)3-5-10)13(24)22-6-7-23-11(8-22)19-20-12(23)14(15,17)18/h2-5H,6-8H2,1H3. The van der Waals surface area contributed by atoms with Crippen LogP contribution >= 0.6 is 11.6 Å². The van der Waals surface area contributed by atoms with Gasteiger partial charge in [0.15, 0.2) is 5.82 Å². The lowest BCUT2D eigenvalue weighted by Gasteiger charge is -2.31. The van der Waals surface area contributed by atoms with E-state index in [2.05, 4.69) is 10.2 Å². The van der Waals surface area contributed by atoms with Crippen LogP contribution in [0.5, 0.6) is 0 Å². The Morgan fingerprint density at radius 1 is 1.25 bits per heavy atom. The topological polar surface area (TPSA) is 54.3 Å². The highest BCUT2D eigenvalue weighted by Gasteiger charge is 2.38. The van der Waals surface area contributed by atoms with Crippen molar-refractivity contribution in [2.45, 2.75) is 18.5 Å². The molecule has 0 unspecified atom stereocenters. The van der Waals surface area contributed by atoms with Crippen molar-refractivity contribution in [1.29, 1.82) is 0 Å². The molecule has 128 valence electrons. The Hall–Kier alpha value is -2.29. The minimum atomic E-state index is -3.61. The molecule has 1 aliphatic heterocycles. The number of hydrogen-bond donors (Lipinski definition) is 0. The summed E-state index contributed by atoms with van der Waals surface area (Å²) >= 11 is 5.00. The summed E-state index contributed by atoms with van der Waals surface area (Å²) in [5.41, 5.74) is 0.515. The maximum Gasteiger partial charge on any atom is 0.381 e. The lowest BCUT2D eigenvalue weighted by Crippen LogP contribution is -2.45. The molecule has 0 saturated heterocycles. The average molecular weight is 360 g/mol. The van der Waals surface area contributed by atoms with Crippen LogP contribution in [0.1, 0.15) is 11.6 Å². The number of halogens is 4. The van der Waals surface area contributed by atoms with E-state index in [1.807, 2.05) is 0 Å². The van der Waals surface area contributed by atoms with Gasteiger partial charge < -0.3 is 9.47 Å². The second-order valence-corrected chi connectivity index (χ2v) is 5.80. The van der Waals surface area contributed by atoms with Crippen LogP contribution < -0.4 is 4.90 Å². The molecule has 1 aliphatic rings. The highest BCUT2D eigenvalue weighted by molar-refractivity contribution is 6.21. The molecule has 0 atom stereocenters. The molecule has 6 nitrogen and oxygen atoms in total. The first-order valence-corrected chi connectivity index (χ1v) is 7.42. The first-order chi connectivity index (χ1) is 11.3. The Bertz CT molecular complexity index is 759. The Morgan fingerprint density at radius 2 is 1.92 bits per heavy atom. The molecule has 0 fully saturated rings. The van der Waals surface area contributed by atoms with Gasteiger partial charge in [-0.2, -0.15) is 8.78 Å². The fourth-order valence-corrected chi connectivity index (χ4v) is 2.66. The molecule has 3 rings (SSSR count). The van der Waals surface area contributed by atoms with E-state index in [-0.39, 0.29) is 31.5 Å². The summed E-state index contributed by atoms with van der Waals surface area (Å²) in [6, 6.07) is 5.11. The summed E-state index contributed by atoms with van der Waals surface area (Å²) in [6.45, 7) is 0.350. The molecule has 0 N–H and O–H groups in total. The van der Waals surface area contributed by atoms with Crippen LogP contribution in [-0.2, 0) is 18.5 Å². The van der Waals surface area contributed by atoms with Gasteiger partial charge in [-0.05, 0) is 35.9 Å². The highest BCUT2D eigenvalue weighted by Crippen LogP contribution is 2.32. The molecule has 2 amide bonds. The number of amides is 2. The SMILES string of the molecule is CN(C(=O)N1CCn2c(nnc2C(F)(F)Cl)C1)c1ccc(F)cc1. The number of carbonyl (C=O) groups excluding carboxylic acids is 1. The fourth-order valence-electron chi connectivity index (χ4n) is 2.52. The molecular formula is C14H13ClF3N5O. The van der Waals surface area contributed by atoms with E-state index >= 15 is 0 Å². The maximum atomic E-state index is 13.2. The van der Waals surface area contributed by atoms with E-state index < -0.39 is 17.0 Å². The third kappa shape index (κ3) is 3.03. The van der Waals surface area contributed by atoms with E-state index in [1.165, 1.54) is 38.6 Å². The average Bonchev–Trinajstić information content (AvgIpc) is 2.97. The number of benzene rings is 1. The third-order valence-electron chi connectivity index (χ3n) is 3.78. The number of anilines is 1. The maximum absolute atomic E-state index is 13.2. The molecule has 2 aromatic rings. The molecule has 1 aromatic carbocycles. The predicted molar refractivity (Wildman–Crippen MR) is 80.4 cm³/mol. The van der Waals surface area contributed by atoms with Crippen molar-refractivity contribution in [3.05, 3.63) is 41.7 Å². The van der Waals surface area contributed by atoms with Crippen molar-refractivity contribution in [2.75, 3.05) is 18.5 Å². The number of alkyl halides is 3. The van der Waals surface area contributed by atoms with E-state index in [1.54, 1.807) is 7.05 Å². The van der Waals surface area contributed by atoms with Crippen LogP contribution in [0.15, 0.2) is 24.3 Å². The van der Waals surface area contributed by atoms with E-state index in [9.17, 15) is 18.0 Å². The van der Waals surface area contributed by atoms with Crippen LogP contribution in [0.3, 0.4) is 0 Å². The Balaban J connectivity index is 1.76. The van der Waals surface area contributed by atoms with Gasteiger partial charge in [-0.3, -0.25) is 4.90 Å². The smallest absolute Gasteiger partial charge is 0.315 e. The number of fused-ring (bicyclic) bond motifs is 1. The normalized spacial score (nSPS) is 14.5. The molecule has 0 spiro atoms. The second-order valence-electron chi connectivity index (χ2n) is 5.33. The number of urea groups is 1. The van der Waals surface area contributed by atoms with Crippen molar-refractivity contribution in [2.24, 2.45) is 0 Å². The summed E-state index contributed by atoms with van der Waals surface area (Å²) in [7, 11) is 1.55. The molecule has 1 aromatic heterocycles. The third-order valence-corrected chi connectivity index (χ3v) is 3.95. The Kier molecular flexibility index (Phi) is 4.12. The first-order valence-electron chi connectivity index (χ1n) is 7.05. The summed E-state index contributed by atoms with van der Waals surface area (Å²) in [4.78, 5) is 15.3. The minimum Gasteiger partial charge on any atom is -0.315 e. The van der Waals surface area contributed by atoms with Gasteiger partial charge in [0, 0.05) is 25.8 Å². The fraction of sp³-hybridized carbons (Fsp3) is 0.357. The summed E-state index contributed by atoms with van der Waals surface area (Å²) in [5.74, 6) is -0.796. The van der Waals surface area contributed by atoms with Gasteiger partial charge in [0.1, 0.15) is 5.82 Å². The van der Waals surface area contributed by atoms with Crippen molar-refractivity contribution < 1.29 is 18.0 Å². The lowest BCUT2D eigenvalue weighted by molar-refractivity contribution is 0.0773. The molecule has 0 radical (unpaired) electrons. The predicted octanol–water partition coefficient (Wildman–Crippen LogP) is 2.78. The molecule has 10 heteroatoms. The van der Waals surface area contributed by atoms with Crippen LogP contribution in [0, 0.1) is 5.82 Å². The molecule has 2 heterocycles. The summed E-state index contributed by atoms with van der Waals surface area (Å²) in [5, 5.41) is 3.49. The summed E-state index contributed by atoms with van der Waals surface area (Å²) < 4.78 is 40.7. The summed E-state index contributed by atoms with van der Waals surface area (Å²) in [6.07, 6.45) is 0. The number of aromatic nitrogens is 3. The minimum absolute atomic E-state index is 0.0321. The second kappa shape index (κ2) is 5.97. The zero-order valence-corrected chi connectivity index (χ0v) is 13.3. The van der Waals surface area contributed by atoms with Gasteiger partial charge >= 0.3 is 11.4 Å². The quantitative estimate of drug-likeness (QED) is 0.775. The highest BCUT2D eigenvalue weighted by atomic mass is 35.5. The lowest BCUT2D eigenvalue weighted by atomic mass is 10.3. The number of hydrogen-bond acceptors (Lipinski definition) is 3. The van der Waals surface area contributed by atoms with Crippen molar-refractivity contribution in [3.63, 3.8) is 0 Å². The molecule has 0 saturated carbocycles. The van der Waals surface area contributed by atoms with Crippen LogP contribution in [0.25, 0.3) is 0 Å². The van der Waals surface area contributed by atoms with Crippen molar-refractivity contribution in [1.82, 2.24) is 19.7 Å². The van der Waals surface area contributed by atoms with Crippen LogP contribution in [-0.4, -0.2) is 39.3 Å². The molecular weight excluding hydrogens is 347 g/mol. The largest absolute Gasteiger partial charge is 0.381 e. The molecule has 0 bridgehead atoms.